The first kappa shape index (κ1) is 18.4. The van der Waals surface area contributed by atoms with Gasteiger partial charge in [-0.2, -0.15) is 8.42 Å². The average Bonchev–Trinajstić information content (AvgIpc) is 2.86. The minimum absolute atomic E-state index is 0.0487. The van der Waals surface area contributed by atoms with Crippen molar-refractivity contribution in [3.05, 3.63) is 29.8 Å². The highest BCUT2D eigenvalue weighted by Crippen LogP contribution is 2.25. The minimum atomic E-state index is -4.18. The molecule has 1 aromatic rings. The van der Waals surface area contributed by atoms with E-state index in [1.54, 1.807) is 17.0 Å². The van der Waals surface area contributed by atoms with E-state index in [1.807, 2.05) is 6.92 Å². The quantitative estimate of drug-likeness (QED) is 0.708. The van der Waals surface area contributed by atoms with Gasteiger partial charge in [-0.25, -0.2) is 0 Å². The first-order chi connectivity index (χ1) is 11.2. The molecule has 1 heterocycles. The van der Waals surface area contributed by atoms with Gasteiger partial charge in [0.2, 0.25) is 11.8 Å². The highest BCUT2D eigenvalue weighted by molar-refractivity contribution is 7.85. The third-order valence-corrected chi connectivity index (χ3v) is 5.26. The van der Waals surface area contributed by atoms with Gasteiger partial charge in [-0.1, -0.05) is 19.1 Å². The van der Waals surface area contributed by atoms with E-state index in [1.165, 1.54) is 12.1 Å². The first-order valence-electron chi connectivity index (χ1n) is 7.87. The fourth-order valence-corrected chi connectivity index (χ4v) is 3.56. The van der Waals surface area contributed by atoms with Crippen LogP contribution in [0.3, 0.4) is 0 Å². The van der Waals surface area contributed by atoms with Crippen LogP contribution in [0.1, 0.15) is 31.7 Å². The molecule has 1 unspecified atom stereocenters. The molecule has 24 heavy (non-hydrogen) atoms. The lowest BCUT2D eigenvalue weighted by Gasteiger charge is -2.24. The van der Waals surface area contributed by atoms with Crippen molar-refractivity contribution in [1.29, 1.82) is 0 Å². The summed E-state index contributed by atoms with van der Waals surface area (Å²) in [5, 5.41) is 0. The van der Waals surface area contributed by atoms with Gasteiger partial charge in [0.15, 0.2) is 0 Å². The van der Waals surface area contributed by atoms with E-state index in [0.717, 1.165) is 12.0 Å². The highest BCUT2D eigenvalue weighted by Gasteiger charge is 2.35. The fraction of sp³-hybridized carbons (Fsp3) is 0.500. The Balaban J connectivity index is 1.94. The molecule has 1 aromatic carbocycles. The normalized spacial score (nSPS) is 19.5. The fourth-order valence-electron chi connectivity index (χ4n) is 3.08. The second-order valence-electron chi connectivity index (χ2n) is 6.10. The second-order valence-corrected chi connectivity index (χ2v) is 7.52. The van der Waals surface area contributed by atoms with Crippen molar-refractivity contribution in [2.75, 3.05) is 6.54 Å². The summed E-state index contributed by atoms with van der Waals surface area (Å²) >= 11 is 0. The number of carbonyl (C=O) groups is 2. The summed E-state index contributed by atoms with van der Waals surface area (Å²) in [7, 11) is -4.18. The Bertz CT molecular complexity index is 714. The molecule has 0 aromatic heterocycles. The maximum Gasteiger partial charge on any atom is 0.294 e. The Morgan fingerprint density at radius 3 is 2.50 bits per heavy atom. The van der Waals surface area contributed by atoms with Crippen LogP contribution in [-0.4, -0.2) is 42.3 Å². The van der Waals surface area contributed by atoms with E-state index in [2.05, 4.69) is 0 Å². The Labute approximate surface area is 141 Å². The van der Waals surface area contributed by atoms with Gasteiger partial charge in [0.05, 0.1) is 4.90 Å². The van der Waals surface area contributed by atoms with Crippen LogP contribution in [0.25, 0.3) is 0 Å². The maximum atomic E-state index is 12.1. The van der Waals surface area contributed by atoms with Crippen LogP contribution in [0.2, 0.25) is 0 Å². The van der Waals surface area contributed by atoms with Gasteiger partial charge in [0.1, 0.15) is 6.04 Å². The zero-order valence-electron chi connectivity index (χ0n) is 13.5. The van der Waals surface area contributed by atoms with Crippen molar-refractivity contribution in [1.82, 2.24) is 4.90 Å². The summed E-state index contributed by atoms with van der Waals surface area (Å²) in [4.78, 5) is 24.9. The molecule has 2 atom stereocenters. The molecule has 0 spiro atoms. The Morgan fingerprint density at radius 2 is 2.00 bits per heavy atom. The molecule has 1 aliphatic rings. The summed E-state index contributed by atoms with van der Waals surface area (Å²) < 4.78 is 31.0. The van der Waals surface area contributed by atoms with Gasteiger partial charge in [-0.05, 0) is 42.9 Å². The standard InChI is InChI=1S/C16H22N2O5S/c1-2-14(16(17)20)18-10-12(9-15(18)19)4-3-11-5-7-13(8-6-11)24(21,22)23/h5-8,12,14H,2-4,9-10H2,1H3,(H2,17,20)(H,21,22,23)/t12?,14-/m0/s1. The number of rotatable bonds is 7. The van der Waals surface area contributed by atoms with Crippen molar-refractivity contribution in [3.63, 3.8) is 0 Å². The molecule has 2 rings (SSSR count). The van der Waals surface area contributed by atoms with E-state index in [-0.39, 0.29) is 16.7 Å². The number of aryl methyl sites for hydroxylation is 1. The highest BCUT2D eigenvalue weighted by atomic mass is 32.2. The molecule has 3 N–H and O–H groups in total. The summed E-state index contributed by atoms with van der Waals surface area (Å²) in [6.45, 7) is 2.34. The van der Waals surface area contributed by atoms with Gasteiger partial charge >= 0.3 is 0 Å². The molecular formula is C16H22N2O5S. The maximum absolute atomic E-state index is 12.1. The van der Waals surface area contributed by atoms with E-state index in [9.17, 15) is 18.0 Å². The molecule has 1 aliphatic heterocycles. The average molecular weight is 354 g/mol. The van der Waals surface area contributed by atoms with E-state index < -0.39 is 22.1 Å². The van der Waals surface area contributed by atoms with Crippen LogP contribution in [0, 0.1) is 5.92 Å². The van der Waals surface area contributed by atoms with Crippen molar-refractivity contribution in [2.24, 2.45) is 11.7 Å². The Morgan fingerprint density at radius 1 is 1.38 bits per heavy atom. The van der Waals surface area contributed by atoms with Crippen molar-refractivity contribution in [2.45, 2.75) is 43.5 Å². The number of hydrogen-bond donors (Lipinski definition) is 2. The van der Waals surface area contributed by atoms with Gasteiger partial charge in [0, 0.05) is 13.0 Å². The minimum Gasteiger partial charge on any atom is -0.368 e. The number of primary amides is 1. The summed E-state index contributed by atoms with van der Waals surface area (Å²) in [6.07, 6.45) is 2.34. The molecule has 2 amide bonds. The van der Waals surface area contributed by atoms with Gasteiger partial charge in [-0.3, -0.25) is 14.1 Å². The van der Waals surface area contributed by atoms with Gasteiger partial charge in [-0.15, -0.1) is 0 Å². The van der Waals surface area contributed by atoms with Gasteiger partial charge < -0.3 is 10.6 Å². The molecule has 1 fully saturated rings. The molecule has 0 radical (unpaired) electrons. The van der Waals surface area contributed by atoms with E-state index in [0.29, 0.717) is 25.8 Å². The van der Waals surface area contributed by atoms with Crippen LogP contribution >= 0.6 is 0 Å². The van der Waals surface area contributed by atoms with Crippen LogP contribution in [0.15, 0.2) is 29.2 Å². The lowest BCUT2D eigenvalue weighted by atomic mass is 9.99. The van der Waals surface area contributed by atoms with Gasteiger partial charge in [0.25, 0.3) is 10.1 Å². The molecule has 0 bridgehead atoms. The number of carbonyl (C=O) groups excluding carboxylic acids is 2. The zero-order valence-corrected chi connectivity index (χ0v) is 14.3. The molecule has 132 valence electrons. The number of likely N-dealkylation sites (tertiary alicyclic amines) is 1. The third-order valence-electron chi connectivity index (χ3n) is 4.39. The van der Waals surface area contributed by atoms with Crippen LogP contribution < -0.4 is 5.73 Å². The van der Waals surface area contributed by atoms with Crippen molar-refractivity contribution in [3.8, 4) is 0 Å². The molecular weight excluding hydrogens is 332 g/mol. The van der Waals surface area contributed by atoms with Crippen LogP contribution in [-0.2, 0) is 26.1 Å². The lowest BCUT2D eigenvalue weighted by molar-refractivity contribution is -0.136. The SMILES string of the molecule is CC[C@@H](C(N)=O)N1CC(CCc2ccc(S(=O)(=O)O)cc2)CC1=O. The molecule has 0 aliphatic carbocycles. The molecule has 8 heteroatoms. The Kier molecular flexibility index (Phi) is 5.61. The predicted octanol–water partition coefficient (Wildman–Crippen LogP) is 0.978. The van der Waals surface area contributed by atoms with Crippen LogP contribution in [0.4, 0.5) is 0 Å². The third kappa shape index (κ3) is 4.33. The molecule has 7 nitrogen and oxygen atoms in total. The molecule has 0 saturated carbocycles. The number of nitrogens with zero attached hydrogens (tertiary/aromatic N) is 1. The summed E-state index contributed by atoms with van der Waals surface area (Å²) in [5.74, 6) is -0.383. The topological polar surface area (TPSA) is 118 Å². The Hall–Kier alpha value is -1.93. The zero-order chi connectivity index (χ0) is 17.9. The summed E-state index contributed by atoms with van der Waals surface area (Å²) in [6, 6.07) is 5.47. The lowest BCUT2D eigenvalue weighted by Crippen LogP contribution is -2.45. The summed E-state index contributed by atoms with van der Waals surface area (Å²) in [5.41, 5.74) is 6.27. The number of benzene rings is 1. The number of hydrogen-bond acceptors (Lipinski definition) is 4. The van der Waals surface area contributed by atoms with Crippen molar-refractivity contribution < 1.29 is 22.6 Å². The second kappa shape index (κ2) is 7.31. The monoisotopic (exact) mass is 354 g/mol. The first-order valence-corrected chi connectivity index (χ1v) is 9.31. The largest absolute Gasteiger partial charge is 0.368 e. The van der Waals surface area contributed by atoms with E-state index in [4.69, 9.17) is 10.3 Å². The number of amides is 2. The predicted molar refractivity (Wildman–Crippen MR) is 87.7 cm³/mol. The van der Waals surface area contributed by atoms with Crippen LogP contribution in [0.5, 0.6) is 0 Å². The van der Waals surface area contributed by atoms with Crippen molar-refractivity contribution >= 4 is 21.9 Å². The molecule has 1 saturated heterocycles. The van der Waals surface area contributed by atoms with E-state index >= 15 is 0 Å². The number of nitrogens with two attached hydrogens (primary N) is 1. The smallest absolute Gasteiger partial charge is 0.294 e.